The van der Waals surface area contributed by atoms with Crippen LogP contribution < -0.4 is 0 Å². The van der Waals surface area contributed by atoms with Crippen molar-refractivity contribution in [1.29, 1.82) is 0 Å². The number of hydrogen-bond acceptors (Lipinski definition) is 1. The maximum Gasteiger partial charge on any atom is 0.0257 e. The molecule has 0 N–H and O–H groups in total. The summed E-state index contributed by atoms with van der Waals surface area (Å²) >= 11 is 0. The molecule has 0 aromatic rings. The van der Waals surface area contributed by atoms with Crippen molar-refractivity contribution in [2.45, 2.75) is 64.0 Å². The van der Waals surface area contributed by atoms with Crippen molar-refractivity contribution in [1.82, 2.24) is 4.90 Å². The molecule has 0 amide bonds. The second kappa shape index (κ2) is 3.78. The van der Waals surface area contributed by atoms with E-state index in [2.05, 4.69) is 18.4 Å². The average Bonchev–Trinajstić information content (AvgIpc) is 2.87. The van der Waals surface area contributed by atoms with Gasteiger partial charge in [0.15, 0.2) is 0 Å². The van der Waals surface area contributed by atoms with Crippen LogP contribution in [0.15, 0.2) is 0 Å². The molecule has 0 spiro atoms. The van der Waals surface area contributed by atoms with Crippen LogP contribution in [0, 0.1) is 6.54 Å². The third-order valence-electron chi connectivity index (χ3n) is 2.83. The maximum absolute atomic E-state index is 2.66. The highest BCUT2D eigenvalue weighted by Gasteiger charge is 2.38. The molecular weight excluding hydrogens is 146 g/mol. The monoisotopic (exact) mass is 166 g/mol. The van der Waals surface area contributed by atoms with Crippen molar-refractivity contribution in [3.05, 3.63) is 6.54 Å². The molecule has 2 rings (SSSR count). The molecule has 0 heterocycles. The SMILES string of the molecule is CCCC[CH]N(C1CC1)C1CC1. The van der Waals surface area contributed by atoms with Crippen molar-refractivity contribution in [2.24, 2.45) is 0 Å². The summed E-state index contributed by atoms with van der Waals surface area (Å²) in [5, 5.41) is 0. The van der Waals surface area contributed by atoms with Gasteiger partial charge in [-0.15, -0.1) is 0 Å². The van der Waals surface area contributed by atoms with E-state index >= 15 is 0 Å². The Bertz CT molecular complexity index is 124. The molecule has 0 aliphatic heterocycles. The Labute approximate surface area is 76.1 Å². The predicted molar refractivity (Wildman–Crippen MR) is 51.7 cm³/mol. The van der Waals surface area contributed by atoms with Gasteiger partial charge in [-0.2, -0.15) is 0 Å². The van der Waals surface area contributed by atoms with E-state index in [1.807, 2.05) is 0 Å². The van der Waals surface area contributed by atoms with E-state index in [0.29, 0.717) is 0 Å². The molecule has 0 atom stereocenters. The molecule has 2 aliphatic rings. The van der Waals surface area contributed by atoms with Crippen molar-refractivity contribution in [2.75, 3.05) is 0 Å². The standard InChI is InChI=1S/C11H20N/c1-2-3-4-9-12(10-5-6-10)11-7-8-11/h9-11H,2-8H2,1H3. The minimum atomic E-state index is 0.953. The highest BCUT2D eigenvalue weighted by Crippen LogP contribution is 2.38. The number of unbranched alkanes of at least 4 members (excludes halogenated alkanes) is 2. The van der Waals surface area contributed by atoms with Crippen LogP contribution in [0.4, 0.5) is 0 Å². The predicted octanol–water partition coefficient (Wildman–Crippen LogP) is 2.97. The van der Waals surface area contributed by atoms with Gasteiger partial charge in [0.25, 0.3) is 0 Å². The van der Waals surface area contributed by atoms with Crippen LogP contribution in [0.5, 0.6) is 0 Å². The Kier molecular flexibility index (Phi) is 2.69. The van der Waals surface area contributed by atoms with Crippen LogP contribution in [0.2, 0.25) is 0 Å². The van der Waals surface area contributed by atoms with Crippen LogP contribution in [-0.2, 0) is 0 Å². The minimum absolute atomic E-state index is 0.953. The second-order valence-electron chi connectivity index (χ2n) is 4.23. The van der Waals surface area contributed by atoms with Crippen LogP contribution in [0.1, 0.15) is 51.9 Å². The molecule has 12 heavy (non-hydrogen) atoms. The van der Waals surface area contributed by atoms with Crippen LogP contribution >= 0.6 is 0 Å². The smallest absolute Gasteiger partial charge is 0.0257 e. The van der Waals surface area contributed by atoms with Gasteiger partial charge < -0.3 is 0 Å². The summed E-state index contributed by atoms with van der Waals surface area (Å²) in [6, 6.07) is 1.91. The van der Waals surface area contributed by atoms with Crippen LogP contribution in [0.25, 0.3) is 0 Å². The molecule has 0 bridgehead atoms. The number of hydrogen-bond donors (Lipinski definition) is 0. The van der Waals surface area contributed by atoms with Gasteiger partial charge in [-0.1, -0.05) is 19.8 Å². The van der Waals surface area contributed by atoms with Crippen molar-refractivity contribution >= 4 is 0 Å². The molecule has 0 unspecified atom stereocenters. The van der Waals surface area contributed by atoms with E-state index in [1.165, 1.54) is 44.9 Å². The average molecular weight is 166 g/mol. The lowest BCUT2D eigenvalue weighted by Gasteiger charge is -2.20. The van der Waals surface area contributed by atoms with E-state index in [-0.39, 0.29) is 0 Å². The molecule has 2 saturated carbocycles. The van der Waals surface area contributed by atoms with Gasteiger partial charge in [-0.05, 0) is 32.1 Å². The molecule has 2 aliphatic carbocycles. The fraction of sp³-hybridized carbons (Fsp3) is 0.909. The minimum Gasteiger partial charge on any atom is -0.293 e. The summed E-state index contributed by atoms with van der Waals surface area (Å²) in [6.45, 7) is 4.76. The van der Waals surface area contributed by atoms with Gasteiger partial charge in [0.2, 0.25) is 0 Å². The lowest BCUT2D eigenvalue weighted by molar-refractivity contribution is 0.301. The molecular formula is C11H20N. The van der Waals surface area contributed by atoms with Crippen LogP contribution in [0.3, 0.4) is 0 Å². The van der Waals surface area contributed by atoms with Crippen molar-refractivity contribution < 1.29 is 0 Å². The highest BCUT2D eigenvalue weighted by molar-refractivity contribution is 4.97. The lowest BCUT2D eigenvalue weighted by atomic mass is 10.2. The maximum atomic E-state index is 2.66. The molecule has 1 nitrogen and oxygen atoms in total. The first-order chi connectivity index (χ1) is 5.92. The molecule has 2 fully saturated rings. The zero-order valence-corrected chi connectivity index (χ0v) is 8.13. The quantitative estimate of drug-likeness (QED) is 0.548. The second-order valence-corrected chi connectivity index (χ2v) is 4.23. The summed E-state index contributed by atoms with van der Waals surface area (Å²) in [7, 11) is 0. The number of nitrogens with zero attached hydrogens (tertiary/aromatic N) is 1. The molecule has 0 saturated heterocycles. The van der Waals surface area contributed by atoms with E-state index in [4.69, 9.17) is 0 Å². The summed E-state index contributed by atoms with van der Waals surface area (Å²) in [4.78, 5) is 2.66. The topological polar surface area (TPSA) is 3.24 Å². The molecule has 69 valence electrons. The van der Waals surface area contributed by atoms with Gasteiger partial charge in [-0.25, -0.2) is 0 Å². The number of rotatable bonds is 6. The Morgan fingerprint density at radius 2 is 1.75 bits per heavy atom. The third kappa shape index (κ3) is 2.22. The summed E-state index contributed by atoms with van der Waals surface area (Å²) < 4.78 is 0. The highest BCUT2D eigenvalue weighted by atomic mass is 15.2. The van der Waals surface area contributed by atoms with E-state index in [1.54, 1.807) is 0 Å². The summed E-state index contributed by atoms with van der Waals surface area (Å²) in [5.74, 6) is 0. The Hall–Kier alpha value is -0.0400. The van der Waals surface area contributed by atoms with Crippen molar-refractivity contribution in [3.8, 4) is 0 Å². The first-order valence-corrected chi connectivity index (χ1v) is 5.52. The fourth-order valence-corrected chi connectivity index (χ4v) is 1.79. The third-order valence-corrected chi connectivity index (χ3v) is 2.83. The lowest BCUT2D eigenvalue weighted by Crippen LogP contribution is -2.25. The molecule has 0 aromatic carbocycles. The first-order valence-electron chi connectivity index (χ1n) is 5.52. The van der Waals surface area contributed by atoms with E-state index in [9.17, 15) is 0 Å². The van der Waals surface area contributed by atoms with E-state index < -0.39 is 0 Å². The Balaban J connectivity index is 1.66. The molecule has 0 aromatic heterocycles. The Morgan fingerprint density at radius 1 is 1.17 bits per heavy atom. The van der Waals surface area contributed by atoms with E-state index in [0.717, 1.165) is 12.1 Å². The zero-order valence-electron chi connectivity index (χ0n) is 8.13. The fourth-order valence-electron chi connectivity index (χ4n) is 1.79. The Morgan fingerprint density at radius 3 is 2.17 bits per heavy atom. The van der Waals surface area contributed by atoms with Crippen molar-refractivity contribution in [3.63, 3.8) is 0 Å². The summed E-state index contributed by atoms with van der Waals surface area (Å²) in [5.41, 5.74) is 0. The molecule has 1 radical (unpaired) electrons. The summed E-state index contributed by atoms with van der Waals surface area (Å²) in [6.07, 6.45) is 9.84. The van der Waals surface area contributed by atoms with Crippen LogP contribution in [-0.4, -0.2) is 17.0 Å². The zero-order chi connectivity index (χ0) is 8.39. The molecule has 1 heteroatoms. The normalized spacial score (nSPS) is 23.5. The largest absolute Gasteiger partial charge is 0.293 e. The first kappa shape index (κ1) is 8.55. The van der Waals surface area contributed by atoms with Gasteiger partial charge in [0.05, 0.1) is 0 Å². The van der Waals surface area contributed by atoms with Gasteiger partial charge in [0, 0.05) is 18.6 Å². The van der Waals surface area contributed by atoms with Gasteiger partial charge in [-0.3, -0.25) is 4.90 Å². The van der Waals surface area contributed by atoms with Gasteiger partial charge in [0.1, 0.15) is 0 Å². The van der Waals surface area contributed by atoms with Gasteiger partial charge >= 0.3 is 0 Å².